The van der Waals surface area contributed by atoms with Gasteiger partial charge in [0.2, 0.25) is 0 Å². The third kappa shape index (κ3) is 2.94. The van der Waals surface area contributed by atoms with Gasteiger partial charge in [0.25, 0.3) is 0 Å². The van der Waals surface area contributed by atoms with Crippen molar-refractivity contribution in [2.45, 2.75) is 0 Å². The third-order valence-electron chi connectivity index (χ3n) is 1.39. The molecule has 0 fully saturated rings. The fourth-order valence-corrected chi connectivity index (χ4v) is 0.806. The fraction of sp³-hybridized carbons (Fsp3) is 0.111. The second kappa shape index (κ2) is 4.25. The molecular formula is C9H9NO3. The van der Waals surface area contributed by atoms with Gasteiger partial charge in [0.05, 0.1) is 13.3 Å². The van der Waals surface area contributed by atoms with Crippen molar-refractivity contribution in [2.75, 3.05) is 7.11 Å². The van der Waals surface area contributed by atoms with E-state index in [2.05, 4.69) is 4.98 Å². The van der Waals surface area contributed by atoms with Gasteiger partial charge >= 0.3 is 5.97 Å². The minimum atomic E-state index is -0.984. The van der Waals surface area contributed by atoms with Crippen molar-refractivity contribution in [1.29, 1.82) is 0 Å². The number of hydrogen-bond acceptors (Lipinski definition) is 3. The van der Waals surface area contributed by atoms with E-state index in [0.717, 1.165) is 6.08 Å². The lowest BCUT2D eigenvalue weighted by Crippen LogP contribution is -1.87. The monoisotopic (exact) mass is 179 g/mol. The molecule has 0 aliphatic rings. The number of pyridine rings is 1. The molecule has 0 spiro atoms. The Kier molecular flexibility index (Phi) is 3.03. The summed E-state index contributed by atoms with van der Waals surface area (Å²) >= 11 is 0. The number of carboxylic acid groups (broad SMARTS) is 1. The molecule has 0 radical (unpaired) electrons. The zero-order chi connectivity index (χ0) is 9.68. The van der Waals surface area contributed by atoms with Crippen molar-refractivity contribution in [2.24, 2.45) is 0 Å². The molecule has 68 valence electrons. The van der Waals surface area contributed by atoms with Crippen LogP contribution >= 0.6 is 0 Å². The summed E-state index contributed by atoms with van der Waals surface area (Å²) in [6.45, 7) is 0. The van der Waals surface area contributed by atoms with E-state index in [9.17, 15) is 4.79 Å². The van der Waals surface area contributed by atoms with E-state index in [4.69, 9.17) is 9.84 Å². The Morgan fingerprint density at radius 3 is 3.00 bits per heavy atom. The second-order valence-corrected chi connectivity index (χ2v) is 2.33. The molecule has 0 aromatic carbocycles. The molecule has 0 saturated heterocycles. The standard InChI is InChI=1S/C9H9NO3/c1-13-8-4-7(5-10-6-8)2-3-9(11)12/h2-6H,1H3,(H,11,12)/b3-2+. The van der Waals surface area contributed by atoms with Crippen LogP contribution in [0.3, 0.4) is 0 Å². The van der Waals surface area contributed by atoms with E-state index in [1.165, 1.54) is 13.2 Å². The third-order valence-corrected chi connectivity index (χ3v) is 1.39. The van der Waals surface area contributed by atoms with Crippen molar-refractivity contribution in [1.82, 2.24) is 4.98 Å². The molecule has 1 heterocycles. The van der Waals surface area contributed by atoms with E-state index in [-0.39, 0.29) is 0 Å². The lowest BCUT2D eigenvalue weighted by molar-refractivity contribution is -0.131. The molecule has 1 aromatic rings. The predicted molar refractivity (Wildman–Crippen MR) is 47.5 cm³/mol. The summed E-state index contributed by atoms with van der Waals surface area (Å²) in [4.78, 5) is 14.1. The molecule has 4 heteroatoms. The molecule has 0 atom stereocenters. The molecule has 0 aliphatic heterocycles. The first-order chi connectivity index (χ1) is 6.22. The SMILES string of the molecule is COc1cncc(/C=C/C(=O)O)c1. The zero-order valence-electron chi connectivity index (χ0n) is 7.10. The van der Waals surface area contributed by atoms with Gasteiger partial charge in [-0.05, 0) is 17.7 Å². The highest BCUT2D eigenvalue weighted by molar-refractivity contribution is 5.85. The van der Waals surface area contributed by atoms with Crippen LogP contribution in [0.1, 0.15) is 5.56 Å². The van der Waals surface area contributed by atoms with Crippen molar-refractivity contribution in [3.8, 4) is 5.75 Å². The van der Waals surface area contributed by atoms with Gasteiger partial charge in [-0.2, -0.15) is 0 Å². The zero-order valence-corrected chi connectivity index (χ0v) is 7.10. The second-order valence-electron chi connectivity index (χ2n) is 2.33. The highest BCUT2D eigenvalue weighted by Gasteiger charge is 1.93. The molecule has 0 bridgehead atoms. The van der Waals surface area contributed by atoms with Gasteiger partial charge < -0.3 is 9.84 Å². The molecule has 0 amide bonds. The molecule has 1 aromatic heterocycles. The Morgan fingerprint density at radius 2 is 2.38 bits per heavy atom. The molecule has 0 unspecified atom stereocenters. The molecule has 0 saturated carbocycles. The maximum Gasteiger partial charge on any atom is 0.328 e. The maximum absolute atomic E-state index is 10.2. The Morgan fingerprint density at radius 1 is 1.62 bits per heavy atom. The van der Waals surface area contributed by atoms with E-state index in [1.807, 2.05) is 0 Å². The number of aliphatic carboxylic acids is 1. The number of carbonyl (C=O) groups is 1. The van der Waals surface area contributed by atoms with Crippen LogP contribution in [0, 0.1) is 0 Å². The van der Waals surface area contributed by atoms with Crippen LogP contribution in [0.2, 0.25) is 0 Å². The molecule has 1 N–H and O–H groups in total. The first-order valence-electron chi connectivity index (χ1n) is 3.62. The van der Waals surface area contributed by atoms with Crippen LogP contribution in [0.15, 0.2) is 24.5 Å². The number of methoxy groups -OCH3 is 1. The van der Waals surface area contributed by atoms with Crippen LogP contribution in [0.4, 0.5) is 0 Å². The average molecular weight is 179 g/mol. The summed E-state index contributed by atoms with van der Waals surface area (Å²) in [6, 6.07) is 1.70. The van der Waals surface area contributed by atoms with Gasteiger partial charge in [0, 0.05) is 12.3 Å². The summed E-state index contributed by atoms with van der Waals surface area (Å²) in [6.07, 6.45) is 5.62. The van der Waals surface area contributed by atoms with Gasteiger partial charge in [-0.15, -0.1) is 0 Å². The minimum Gasteiger partial charge on any atom is -0.495 e. The van der Waals surface area contributed by atoms with Gasteiger partial charge in [0.1, 0.15) is 5.75 Å². The smallest absolute Gasteiger partial charge is 0.328 e. The van der Waals surface area contributed by atoms with E-state index >= 15 is 0 Å². The summed E-state index contributed by atoms with van der Waals surface area (Å²) in [5, 5.41) is 8.36. The Bertz CT molecular complexity index is 333. The summed E-state index contributed by atoms with van der Waals surface area (Å²) < 4.78 is 4.92. The quantitative estimate of drug-likeness (QED) is 0.708. The number of hydrogen-bond donors (Lipinski definition) is 1. The molecule has 1 rings (SSSR count). The van der Waals surface area contributed by atoms with Crippen LogP contribution in [-0.4, -0.2) is 23.2 Å². The van der Waals surface area contributed by atoms with Gasteiger partial charge in [0.15, 0.2) is 0 Å². The van der Waals surface area contributed by atoms with Gasteiger partial charge in [-0.25, -0.2) is 4.79 Å². The minimum absolute atomic E-state index is 0.604. The normalized spacial score (nSPS) is 10.2. The predicted octanol–water partition coefficient (Wildman–Crippen LogP) is 1.19. The Balaban J connectivity index is 2.83. The van der Waals surface area contributed by atoms with Crippen molar-refractivity contribution in [3.63, 3.8) is 0 Å². The number of rotatable bonds is 3. The van der Waals surface area contributed by atoms with Gasteiger partial charge in [-0.1, -0.05) is 0 Å². The average Bonchev–Trinajstić information content (AvgIpc) is 2.15. The van der Waals surface area contributed by atoms with Crippen molar-refractivity contribution < 1.29 is 14.6 Å². The Labute approximate surface area is 75.5 Å². The lowest BCUT2D eigenvalue weighted by Gasteiger charge is -1.98. The van der Waals surface area contributed by atoms with Crippen LogP contribution < -0.4 is 4.74 Å². The molecule has 4 nitrogen and oxygen atoms in total. The van der Waals surface area contributed by atoms with Crippen molar-refractivity contribution in [3.05, 3.63) is 30.1 Å². The fourth-order valence-electron chi connectivity index (χ4n) is 0.806. The van der Waals surface area contributed by atoms with Gasteiger partial charge in [-0.3, -0.25) is 4.98 Å². The topological polar surface area (TPSA) is 59.4 Å². The first kappa shape index (κ1) is 9.25. The highest BCUT2D eigenvalue weighted by Crippen LogP contribution is 2.11. The molecular weight excluding hydrogens is 170 g/mol. The first-order valence-corrected chi connectivity index (χ1v) is 3.62. The number of carboxylic acids is 1. The number of aromatic nitrogens is 1. The summed E-state index contributed by atoms with van der Waals surface area (Å²) in [5.74, 6) is -0.379. The Hall–Kier alpha value is -1.84. The lowest BCUT2D eigenvalue weighted by atomic mass is 10.2. The van der Waals surface area contributed by atoms with Crippen molar-refractivity contribution >= 4 is 12.0 Å². The van der Waals surface area contributed by atoms with Crippen LogP contribution in [0.5, 0.6) is 5.75 Å². The summed E-state index contributed by atoms with van der Waals surface area (Å²) in [7, 11) is 1.53. The molecule has 13 heavy (non-hydrogen) atoms. The van der Waals surface area contributed by atoms with E-state index in [1.54, 1.807) is 18.5 Å². The van der Waals surface area contributed by atoms with E-state index in [0.29, 0.717) is 11.3 Å². The van der Waals surface area contributed by atoms with E-state index < -0.39 is 5.97 Å². The number of nitrogens with zero attached hydrogens (tertiary/aromatic N) is 1. The van der Waals surface area contributed by atoms with Crippen LogP contribution in [0.25, 0.3) is 6.08 Å². The highest BCUT2D eigenvalue weighted by atomic mass is 16.5. The number of ether oxygens (including phenoxy) is 1. The molecule has 0 aliphatic carbocycles. The van der Waals surface area contributed by atoms with Crippen LogP contribution in [-0.2, 0) is 4.79 Å². The summed E-state index contributed by atoms with van der Waals surface area (Å²) in [5.41, 5.74) is 0.696. The largest absolute Gasteiger partial charge is 0.495 e. The maximum atomic E-state index is 10.2.